The topological polar surface area (TPSA) is 115 Å². The average Bonchev–Trinajstić information content (AvgIpc) is 3.31. The molecule has 3 saturated carbocycles. The molecule has 0 bridgehead atoms. The Bertz CT molecular complexity index is 1260. The Morgan fingerprint density at radius 3 is 2.27 bits per heavy atom. The monoisotopic (exact) mass is 536 g/mol. The van der Waals surface area contributed by atoms with Gasteiger partial charge in [-0.2, -0.15) is 21.0 Å². The Balaban J connectivity index is 1.64. The van der Waals surface area contributed by atoms with Gasteiger partial charge in [-0.15, -0.1) is 0 Å². The van der Waals surface area contributed by atoms with E-state index in [-0.39, 0.29) is 18.3 Å². The molecule has 0 radical (unpaired) electrons. The molecule has 0 aromatic rings. The van der Waals surface area contributed by atoms with Crippen molar-refractivity contribution >= 4 is 0 Å². The van der Waals surface area contributed by atoms with Crippen LogP contribution in [-0.4, -0.2) is 11.2 Å². The lowest BCUT2D eigenvalue weighted by Gasteiger charge is -2.45. The number of rotatable bonds is 5. The summed E-state index contributed by atoms with van der Waals surface area (Å²) >= 11 is 0. The molecule has 0 heterocycles. The maximum absolute atomic E-state index is 10.8. The number of hydrogen-bond donors (Lipinski definition) is 1. The number of fused-ring (bicyclic) bond motifs is 2. The van der Waals surface area contributed by atoms with Gasteiger partial charge in [0.15, 0.2) is 10.8 Å². The summed E-state index contributed by atoms with van der Waals surface area (Å²) in [4.78, 5) is 0. The first-order valence-corrected chi connectivity index (χ1v) is 15.1. The summed E-state index contributed by atoms with van der Waals surface area (Å²) in [7, 11) is 0. The highest BCUT2D eigenvalue weighted by Gasteiger charge is 2.62. The van der Waals surface area contributed by atoms with Gasteiger partial charge in [-0.1, -0.05) is 70.6 Å². The molecule has 4 aliphatic rings. The van der Waals surface area contributed by atoms with Gasteiger partial charge < -0.3 is 5.11 Å². The minimum absolute atomic E-state index is 0.0418. The van der Waals surface area contributed by atoms with Gasteiger partial charge in [-0.05, 0) is 91.1 Å². The van der Waals surface area contributed by atoms with E-state index in [0.29, 0.717) is 36.0 Å². The Morgan fingerprint density at radius 2 is 1.65 bits per heavy atom. The summed E-state index contributed by atoms with van der Waals surface area (Å²) in [5.74, 6) is 2.29. The van der Waals surface area contributed by atoms with E-state index in [2.05, 4.69) is 71.1 Å². The Morgan fingerprint density at radius 1 is 0.950 bits per heavy atom. The second-order valence-electron chi connectivity index (χ2n) is 13.5. The van der Waals surface area contributed by atoms with Crippen LogP contribution in [0.4, 0.5) is 0 Å². The van der Waals surface area contributed by atoms with Crippen LogP contribution in [0.3, 0.4) is 0 Å². The van der Waals surface area contributed by atoms with Crippen LogP contribution in [0.5, 0.6) is 0 Å². The number of aliphatic hydroxyl groups is 1. The first-order chi connectivity index (χ1) is 19.0. The third kappa shape index (κ3) is 4.74. The van der Waals surface area contributed by atoms with Crippen molar-refractivity contribution < 1.29 is 5.11 Å². The van der Waals surface area contributed by atoms with Gasteiger partial charge in [0.25, 0.3) is 0 Å². The fourth-order valence-corrected chi connectivity index (χ4v) is 8.37. The van der Waals surface area contributed by atoms with Gasteiger partial charge in [-0.25, -0.2) is 0 Å². The molecule has 1 N–H and O–H groups in total. The maximum atomic E-state index is 10.8. The molecule has 3 fully saturated rings. The summed E-state index contributed by atoms with van der Waals surface area (Å²) in [5.41, 5.74) is -0.0369. The van der Waals surface area contributed by atoms with E-state index in [1.54, 1.807) is 0 Å². The second-order valence-corrected chi connectivity index (χ2v) is 13.5. The van der Waals surface area contributed by atoms with E-state index < -0.39 is 22.9 Å². The molecule has 0 aromatic carbocycles. The number of allylic oxidation sites excluding steroid dienone is 7. The van der Waals surface area contributed by atoms with Crippen molar-refractivity contribution in [3.63, 3.8) is 0 Å². The SMILES string of the molecule is CC(C)[C@@H](C)/C=C/[C@@H](C)[C@H]1CC[C@H]2/C(=C/C=C3\C[C@@H](O)CC4C3=CCC(C#N)(C#N)C4(C#N)C#N)CCC[C@]12C. The molecule has 0 aromatic heterocycles. The van der Waals surface area contributed by atoms with Crippen molar-refractivity contribution in [3.8, 4) is 24.3 Å². The normalized spacial score (nSPS) is 36.0. The minimum atomic E-state index is -1.81. The van der Waals surface area contributed by atoms with Crippen LogP contribution in [-0.2, 0) is 0 Å². The summed E-state index contributed by atoms with van der Waals surface area (Å²) in [6, 6.07) is 8.15. The van der Waals surface area contributed by atoms with Gasteiger partial charge >= 0.3 is 0 Å². The quantitative estimate of drug-likeness (QED) is 0.361. The molecule has 5 heteroatoms. The molecule has 0 saturated heterocycles. The van der Waals surface area contributed by atoms with Crippen LogP contribution in [0, 0.1) is 97.1 Å². The highest BCUT2D eigenvalue weighted by atomic mass is 16.3. The molecule has 0 spiro atoms. The summed E-state index contributed by atoms with van der Waals surface area (Å²) < 4.78 is 0. The van der Waals surface area contributed by atoms with Crippen LogP contribution in [0.25, 0.3) is 0 Å². The average molecular weight is 537 g/mol. The van der Waals surface area contributed by atoms with E-state index in [0.717, 1.165) is 17.6 Å². The molecule has 7 atom stereocenters. The minimum Gasteiger partial charge on any atom is -0.393 e. The summed E-state index contributed by atoms with van der Waals surface area (Å²) in [6.07, 6.45) is 17.0. The van der Waals surface area contributed by atoms with Gasteiger partial charge in [-0.3, -0.25) is 0 Å². The van der Waals surface area contributed by atoms with Crippen LogP contribution in [0.15, 0.2) is 47.1 Å². The molecule has 5 nitrogen and oxygen atoms in total. The second kappa shape index (κ2) is 11.4. The standard InChI is InChI=1S/C35H44N4O/c1-23(2)24(3)8-9-25(4)30-12-13-31-26(7-6-15-33(30,31)5)10-11-27-17-28(40)18-32-29(27)14-16-34(19-36,20-37)35(32,21-38)22-39/h8-11,14,23-25,28,30-32,40H,6-7,12-13,15-18H2,1-5H3/b9-8+,26-10+,27-11+/t24-,25+,28+,30+,31-,32?,33+/m0/s1. The number of aliphatic hydroxyl groups excluding tert-OH is 1. The van der Waals surface area contributed by atoms with Crippen LogP contribution in [0.2, 0.25) is 0 Å². The van der Waals surface area contributed by atoms with Crippen LogP contribution < -0.4 is 0 Å². The van der Waals surface area contributed by atoms with Crippen molar-refractivity contribution in [3.05, 3.63) is 47.1 Å². The van der Waals surface area contributed by atoms with E-state index in [1.165, 1.54) is 31.3 Å². The molecule has 4 aliphatic carbocycles. The zero-order chi connectivity index (χ0) is 29.3. The number of nitrogens with zero attached hydrogens (tertiary/aromatic N) is 4. The Kier molecular flexibility index (Phi) is 8.51. The predicted molar refractivity (Wildman–Crippen MR) is 155 cm³/mol. The summed E-state index contributed by atoms with van der Waals surface area (Å²) in [6.45, 7) is 11.7. The Hall–Kier alpha value is -3.12. The van der Waals surface area contributed by atoms with Crippen molar-refractivity contribution in [1.29, 1.82) is 21.0 Å². The first kappa shape index (κ1) is 29.9. The van der Waals surface area contributed by atoms with Gasteiger partial charge in [0.2, 0.25) is 0 Å². The lowest BCUT2D eigenvalue weighted by molar-refractivity contribution is 0.0892. The maximum Gasteiger partial charge on any atom is 0.182 e. The Labute approximate surface area is 241 Å². The lowest BCUT2D eigenvalue weighted by atomic mass is 9.50. The fourth-order valence-electron chi connectivity index (χ4n) is 8.37. The molecule has 210 valence electrons. The van der Waals surface area contributed by atoms with E-state index in [1.807, 2.05) is 18.2 Å². The molecule has 1 unspecified atom stereocenters. The zero-order valence-corrected chi connectivity index (χ0v) is 24.8. The van der Waals surface area contributed by atoms with Gasteiger partial charge in [0.1, 0.15) is 0 Å². The molecule has 4 rings (SSSR count). The van der Waals surface area contributed by atoms with Crippen molar-refractivity contribution in [2.24, 2.45) is 51.8 Å². The molecule has 0 amide bonds. The third-order valence-corrected chi connectivity index (χ3v) is 11.2. The molecular weight excluding hydrogens is 492 g/mol. The predicted octanol–water partition coefficient (Wildman–Crippen LogP) is 7.71. The molecule has 0 aliphatic heterocycles. The lowest BCUT2D eigenvalue weighted by Crippen LogP contribution is -2.49. The smallest absolute Gasteiger partial charge is 0.182 e. The number of hydrogen-bond acceptors (Lipinski definition) is 5. The highest BCUT2D eigenvalue weighted by Crippen LogP contribution is 2.60. The zero-order valence-electron chi connectivity index (χ0n) is 24.8. The van der Waals surface area contributed by atoms with E-state index in [4.69, 9.17) is 0 Å². The van der Waals surface area contributed by atoms with Crippen molar-refractivity contribution in [2.45, 2.75) is 92.1 Å². The van der Waals surface area contributed by atoms with E-state index in [9.17, 15) is 26.2 Å². The fraction of sp³-hybridized carbons (Fsp3) is 0.657. The summed E-state index contributed by atoms with van der Waals surface area (Å²) in [5, 5.41) is 50.9. The van der Waals surface area contributed by atoms with Crippen molar-refractivity contribution in [1.82, 2.24) is 0 Å². The first-order valence-electron chi connectivity index (χ1n) is 15.1. The number of nitriles is 4. The molecule has 40 heavy (non-hydrogen) atoms. The van der Waals surface area contributed by atoms with Crippen LogP contribution in [0.1, 0.15) is 86.0 Å². The highest BCUT2D eigenvalue weighted by molar-refractivity contribution is 5.51. The van der Waals surface area contributed by atoms with Crippen molar-refractivity contribution in [2.75, 3.05) is 0 Å². The van der Waals surface area contributed by atoms with E-state index >= 15 is 0 Å². The third-order valence-electron chi connectivity index (χ3n) is 11.2. The van der Waals surface area contributed by atoms with Gasteiger partial charge in [0.05, 0.1) is 30.4 Å². The van der Waals surface area contributed by atoms with Crippen LogP contribution >= 0.6 is 0 Å². The van der Waals surface area contributed by atoms with Gasteiger partial charge in [0, 0.05) is 12.3 Å². The molecular formula is C35H44N4O. The largest absolute Gasteiger partial charge is 0.393 e.